The molecule has 25 heavy (non-hydrogen) atoms. The summed E-state index contributed by atoms with van der Waals surface area (Å²) in [5.41, 5.74) is 1.35. The molecule has 1 N–H and O–H groups in total. The lowest BCUT2D eigenvalue weighted by Gasteiger charge is -2.50. The Morgan fingerprint density at radius 3 is 2.96 bits per heavy atom. The average Bonchev–Trinajstić information content (AvgIpc) is 2.67. The maximum absolute atomic E-state index is 12.1. The van der Waals surface area contributed by atoms with Gasteiger partial charge in [0.25, 0.3) is 0 Å². The van der Waals surface area contributed by atoms with Gasteiger partial charge in [-0.2, -0.15) is 4.73 Å². The van der Waals surface area contributed by atoms with Gasteiger partial charge in [0.15, 0.2) is 6.20 Å². The predicted octanol–water partition coefficient (Wildman–Crippen LogP) is 2.41. The lowest BCUT2D eigenvalue weighted by molar-refractivity contribution is -0.577. The van der Waals surface area contributed by atoms with Crippen molar-refractivity contribution in [2.45, 2.75) is 25.0 Å². The van der Waals surface area contributed by atoms with Crippen molar-refractivity contribution < 1.29 is 14.6 Å². The van der Waals surface area contributed by atoms with Crippen molar-refractivity contribution in [1.82, 2.24) is 4.90 Å². The molecule has 5 atom stereocenters. The van der Waals surface area contributed by atoms with Crippen molar-refractivity contribution >= 4 is 10.9 Å². The Bertz CT molecular complexity index is 807. The van der Waals surface area contributed by atoms with Crippen molar-refractivity contribution in [3.8, 4) is 5.75 Å². The molecule has 0 radical (unpaired) electrons. The van der Waals surface area contributed by atoms with Crippen molar-refractivity contribution in [1.29, 1.82) is 0 Å². The number of benzene rings is 1. The molecule has 1 aromatic heterocycles. The van der Waals surface area contributed by atoms with Crippen molar-refractivity contribution in [2.24, 2.45) is 11.8 Å². The van der Waals surface area contributed by atoms with Crippen LogP contribution in [0.15, 0.2) is 43.1 Å². The number of nitrogens with zero attached hydrogens (tertiary/aromatic N) is 2. The van der Waals surface area contributed by atoms with Gasteiger partial charge in [-0.3, -0.25) is 4.90 Å². The van der Waals surface area contributed by atoms with E-state index in [1.54, 1.807) is 25.3 Å². The number of ether oxygens (including phenoxy) is 1. The first-order chi connectivity index (χ1) is 12.1. The van der Waals surface area contributed by atoms with E-state index in [0.717, 1.165) is 35.2 Å². The molecule has 3 aliphatic rings. The van der Waals surface area contributed by atoms with E-state index < -0.39 is 6.10 Å². The summed E-state index contributed by atoms with van der Waals surface area (Å²) in [5.74, 6) is 1.80. The van der Waals surface area contributed by atoms with Crippen LogP contribution in [0.2, 0.25) is 0 Å². The zero-order valence-corrected chi connectivity index (χ0v) is 14.5. The third-order valence-electron chi connectivity index (χ3n) is 5.98. The number of pyridine rings is 1. The highest BCUT2D eigenvalue weighted by Gasteiger charge is 2.42. The van der Waals surface area contributed by atoms with E-state index in [1.807, 2.05) is 6.07 Å². The van der Waals surface area contributed by atoms with E-state index in [-0.39, 0.29) is 6.04 Å². The van der Waals surface area contributed by atoms with Gasteiger partial charge in [-0.05, 0) is 43.4 Å². The minimum Gasteiger partial charge on any atom is -0.618 e. The largest absolute Gasteiger partial charge is 0.618 e. The number of aliphatic hydroxyl groups is 1. The lowest BCUT2D eigenvalue weighted by Crippen LogP contribution is -2.54. The molecule has 5 heteroatoms. The second-order valence-corrected chi connectivity index (χ2v) is 7.17. The van der Waals surface area contributed by atoms with Gasteiger partial charge in [-0.25, -0.2) is 0 Å². The van der Waals surface area contributed by atoms with Gasteiger partial charge in [0.2, 0.25) is 5.52 Å². The monoisotopic (exact) mass is 340 g/mol. The molecule has 2 aromatic rings. The molecule has 3 saturated heterocycles. The minimum atomic E-state index is -0.621. The number of aliphatic hydroxyl groups excluding tert-OH is 1. The Labute approximate surface area is 147 Å². The molecular weight excluding hydrogens is 316 g/mol. The molecule has 3 fully saturated rings. The first-order valence-corrected chi connectivity index (χ1v) is 8.87. The standard InChI is InChI=1S/C20H24N2O3/c1-3-13-12-21-8-6-14(13)10-19(21)20(23)16-7-9-22(24)18-5-4-15(25-2)11-17(16)18/h3-5,7,9,11,13-14,19-20,23H,1,6,8,10,12H2,2H3/t13-,14+,19-,20+/m1/s1. The van der Waals surface area contributed by atoms with Crippen LogP contribution >= 0.6 is 0 Å². The molecule has 4 heterocycles. The summed E-state index contributed by atoms with van der Waals surface area (Å²) in [6.45, 7) is 5.94. The van der Waals surface area contributed by atoms with Crippen LogP contribution in [0, 0.1) is 17.0 Å². The number of fused-ring (bicyclic) bond motifs is 4. The summed E-state index contributed by atoms with van der Waals surface area (Å²) >= 11 is 0. The van der Waals surface area contributed by atoms with Gasteiger partial charge < -0.3 is 15.1 Å². The number of hydrogen-bond acceptors (Lipinski definition) is 4. The van der Waals surface area contributed by atoms with Gasteiger partial charge in [0, 0.05) is 30.3 Å². The molecular formula is C20H24N2O3. The van der Waals surface area contributed by atoms with E-state index in [2.05, 4.69) is 17.6 Å². The lowest BCUT2D eigenvalue weighted by atomic mass is 9.73. The van der Waals surface area contributed by atoms with Crippen molar-refractivity contribution in [3.05, 3.63) is 53.9 Å². The molecule has 5 nitrogen and oxygen atoms in total. The fourth-order valence-electron chi connectivity index (χ4n) is 4.55. The van der Waals surface area contributed by atoms with Crippen molar-refractivity contribution in [3.63, 3.8) is 0 Å². The highest BCUT2D eigenvalue weighted by atomic mass is 16.5. The fraction of sp³-hybridized carbons (Fsp3) is 0.450. The highest BCUT2D eigenvalue weighted by Crippen LogP contribution is 2.42. The average molecular weight is 340 g/mol. The van der Waals surface area contributed by atoms with Gasteiger partial charge in [-0.1, -0.05) is 6.08 Å². The Morgan fingerprint density at radius 1 is 1.44 bits per heavy atom. The smallest absolute Gasteiger partial charge is 0.224 e. The molecule has 2 bridgehead atoms. The molecule has 0 amide bonds. The minimum absolute atomic E-state index is 0.0897. The number of piperidine rings is 3. The Hall–Kier alpha value is -2.11. The molecule has 1 aromatic carbocycles. The van der Waals surface area contributed by atoms with Crippen LogP contribution in [0.3, 0.4) is 0 Å². The zero-order chi connectivity index (χ0) is 17.6. The molecule has 1 unspecified atom stereocenters. The second-order valence-electron chi connectivity index (χ2n) is 7.17. The normalized spacial score (nSPS) is 29.5. The number of aromatic nitrogens is 1. The van der Waals surface area contributed by atoms with Crippen LogP contribution in [0.25, 0.3) is 10.9 Å². The first-order valence-electron chi connectivity index (χ1n) is 8.87. The maximum atomic E-state index is 12.1. The van der Waals surface area contributed by atoms with Gasteiger partial charge in [0.1, 0.15) is 5.75 Å². The first kappa shape index (κ1) is 16.4. The number of hydrogen-bond donors (Lipinski definition) is 1. The zero-order valence-electron chi connectivity index (χ0n) is 14.5. The van der Waals surface area contributed by atoms with E-state index >= 15 is 0 Å². The van der Waals surface area contributed by atoms with Crippen LogP contribution in [0.1, 0.15) is 24.5 Å². The highest BCUT2D eigenvalue weighted by molar-refractivity contribution is 5.81. The third kappa shape index (κ3) is 2.68. The van der Waals surface area contributed by atoms with Crippen LogP contribution in [-0.2, 0) is 0 Å². The Morgan fingerprint density at radius 2 is 2.28 bits per heavy atom. The third-order valence-corrected chi connectivity index (χ3v) is 5.98. The van der Waals surface area contributed by atoms with E-state index in [9.17, 15) is 10.3 Å². The summed E-state index contributed by atoms with van der Waals surface area (Å²) in [6, 6.07) is 7.19. The maximum Gasteiger partial charge on any atom is 0.224 e. The Balaban J connectivity index is 1.72. The predicted molar refractivity (Wildman–Crippen MR) is 96.2 cm³/mol. The molecule has 5 rings (SSSR count). The van der Waals surface area contributed by atoms with Gasteiger partial charge in [-0.15, -0.1) is 6.58 Å². The van der Waals surface area contributed by atoms with Gasteiger partial charge >= 0.3 is 0 Å². The van der Waals surface area contributed by atoms with E-state index in [1.165, 1.54) is 12.6 Å². The molecule has 132 valence electrons. The molecule has 0 aliphatic carbocycles. The fourth-order valence-corrected chi connectivity index (χ4v) is 4.55. The summed E-state index contributed by atoms with van der Waals surface area (Å²) < 4.78 is 6.15. The Kier molecular flexibility index (Phi) is 4.13. The quantitative estimate of drug-likeness (QED) is 0.527. The summed E-state index contributed by atoms with van der Waals surface area (Å²) in [4.78, 5) is 2.38. The van der Waals surface area contributed by atoms with Crippen LogP contribution in [-0.4, -0.2) is 36.2 Å². The van der Waals surface area contributed by atoms with E-state index in [0.29, 0.717) is 23.1 Å². The van der Waals surface area contributed by atoms with E-state index in [4.69, 9.17) is 4.74 Å². The topological polar surface area (TPSA) is 59.6 Å². The summed E-state index contributed by atoms with van der Waals surface area (Å²) in [7, 11) is 1.60. The van der Waals surface area contributed by atoms with Gasteiger partial charge in [0.05, 0.1) is 18.6 Å². The summed E-state index contributed by atoms with van der Waals surface area (Å²) in [5, 5.41) is 24.0. The number of methoxy groups -OCH3 is 1. The van der Waals surface area contributed by atoms with Crippen LogP contribution in [0.5, 0.6) is 5.75 Å². The molecule has 0 spiro atoms. The number of rotatable bonds is 4. The molecule has 3 aliphatic heterocycles. The van der Waals surface area contributed by atoms with Crippen molar-refractivity contribution in [2.75, 3.05) is 20.2 Å². The second kappa shape index (κ2) is 6.32. The van der Waals surface area contributed by atoms with Crippen LogP contribution < -0.4 is 9.47 Å². The van der Waals surface area contributed by atoms with Crippen LogP contribution in [0.4, 0.5) is 0 Å². The summed E-state index contributed by atoms with van der Waals surface area (Å²) in [6.07, 6.45) is 5.06. The SMILES string of the molecule is C=C[C@@H]1CN2CC[C@H]1C[C@@H]2[C@@H](O)c1cc[n+]([O-])c2ccc(OC)cc12. The molecule has 0 saturated carbocycles.